The molecule has 0 spiro atoms. The maximum Gasteiger partial charge on any atom is 0.313 e. The van der Waals surface area contributed by atoms with Gasteiger partial charge in [-0.25, -0.2) is 4.98 Å². The topological polar surface area (TPSA) is 118 Å². The molecule has 0 aliphatic heterocycles. The van der Waals surface area contributed by atoms with Crippen molar-refractivity contribution < 1.29 is 29.3 Å². The Labute approximate surface area is 215 Å². The van der Waals surface area contributed by atoms with Gasteiger partial charge in [0.2, 0.25) is 0 Å². The van der Waals surface area contributed by atoms with Gasteiger partial charge in [0.15, 0.2) is 5.13 Å². The summed E-state index contributed by atoms with van der Waals surface area (Å²) in [6, 6.07) is 16.1. The number of carbonyl (C=O) groups excluding carboxylic acids is 1. The molecule has 1 aromatic heterocycles. The highest BCUT2D eigenvalue weighted by Gasteiger charge is 2.20. The third-order valence-corrected chi connectivity index (χ3v) is 7.11. The van der Waals surface area contributed by atoms with Gasteiger partial charge < -0.3 is 19.7 Å². The highest BCUT2D eigenvalue weighted by atomic mass is 32.2. The fraction of sp³-hybridized carbons (Fsp3) is 0.192. The van der Waals surface area contributed by atoms with Crippen LogP contribution < -0.4 is 14.8 Å². The lowest BCUT2D eigenvalue weighted by Crippen LogP contribution is -2.13. The first-order valence-electron chi connectivity index (χ1n) is 11.0. The van der Waals surface area contributed by atoms with Crippen molar-refractivity contribution in [2.24, 2.45) is 0 Å². The number of anilines is 1. The number of aliphatic carboxylic acids is 1. The molecule has 0 saturated heterocycles. The van der Waals surface area contributed by atoms with Crippen LogP contribution in [0.4, 0.5) is 5.13 Å². The molecule has 4 rings (SSSR count). The fourth-order valence-electron chi connectivity index (χ4n) is 3.62. The molecule has 186 valence electrons. The smallest absolute Gasteiger partial charge is 0.313 e. The van der Waals surface area contributed by atoms with Crippen molar-refractivity contribution in [1.82, 2.24) is 4.98 Å². The second kappa shape index (κ2) is 11.3. The van der Waals surface area contributed by atoms with Gasteiger partial charge in [0.25, 0.3) is 5.91 Å². The molecule has 10 heteroatoms. The van der Waals surface area contributed by atoms with E-state index < -0.39 is 11.9 Å². The summed E-state index contributed by atoms with van der Waals surface area (Å²) in [4.78, 5) is 29.4. The van der Waals surface area contributed by atoms with Gasteiger partial charge >= 0.3 is 5.97 Å². The van der Waals surface area contributed by atoms with Gasteiger partial charge in [0.05, 0.1) is 30.7 Å². The van der Waals surface area contributed by atoms with Crippen LogP contribution in [0.25, 0.3) is 22.0 Å². The Morgan fingerprint density at radius 1 is 1.11 bits per heavy atom. The first-order valence-corrected chi connectivity index (χ1v) is 12.9. The molecular formula is C26H24N2O6S2. The van der Waals surface area contributed by atoms with Gasteiger partial charge in [-0.2, -0.15) is 0 Å². The Bertz CT molecular complexity index is 1400. The molecule has 3 aromatic carbocycles. The third-order valence-electron chi connectivity index (χ3n) is 5.31. The zero-order chi connectivity index (χ0) is 25.7. The number of phenolic OH excluding ortho intramolecular Hbond substituents is 1. The number of methoxy groups -OCH3 is 1. The van der Waals surface area contributed by atoms with E-state index in [-0.39, 0.29) is 23.7 Å². The van der Waals surface area contributed by atoms with E-state index >= 15 is 0 Å². The van der Waals surface area contributed by atoms with Crippen molar-refractivity contribution in [1.29, 1.82) is 0 Å². The lowest BCUT2D eigenvalue weighted by Gasteiger charge is -2.13. The number of phenols is 1. The average Bonchev–Trinajstić information content (AvgIpc) is 3.24. The predicted molar refractivity (Wildman–Crippen MR) is 143 cm³/mol. The Balaban J connectivity index is 1.56. The van der Waals surface area contributed by atoms with Crippen molar-refractivity contribution in [3.8, 4) is 28.5 Å². The number of thioether (sulfide) groups is 1. The Morgan fingerprint density at radius 3 is 2.53 bits per heavy atom. The number of rotatable bonds is 10. The van der Waals surface area contributed by atoms with Gasteiger partial charge in [0.1, 0.15) is 17.2 Å². The number of benzene rings is 3. The molecule has 1 amide bonds. The van der Waals surface area contributed by atoms with Gasteiger partial charge in [-0.3, -0.25) is 14.9 Å². The SMILES string of the molecule is COc1ccc(-c2nc(NC(=O)c3cc(OCCSCC(=O)O)c4ccccc4c3O)sc2C)cc1. The summed E-state index contributed by atoms with van der Waals surface area (Å²) in [7, 11) is 1.60. The number of aryl methyl sites for hydroxylation is 1. The molecule has 0 saturated carbocycles. The third kappa shape index (κ3) is 5.72. The molecule has 36 heavy (non-hydrogen) atoms. The number of hydrogen-bond acceptors (Lipinski definition) is 8. The van der Waals surface area contributed by atoms with Crippen molar-refractivity contribution in [3.05, 3.63) is 65.0 Å². The summed E-state index contributed by atoms with van der Waals surface area (Å²) in [5, 5.41) is 24.0. The van der Waals surface area contributed by atoms with Crippen LogP contribution in [0, 0.1) is 6.92 Å². The van der Waals surface area contributed by atoms with Crippen molar-refractivity contribution >= 4 is 50.9 Å². The zero-order valence-corrected chi connectivity index (χ0v) is 21.2. The molecule has 0 bridgehead atoms. The van der Waals surface area contributed by atoms with Crippen molar-refractivity contribution in [2.75, 3.05) is 30.5 Å². The van der Waals surface area contributed by atoms with Gasteiger partial charge in [-0.15, -0.1) is 23.1 Å². The molecule has 4 aromatic rings. The highest BCUT2D eigenvalue weighted by molar-refractivity contribution is 7.99. The van der Waals surface area contributed by atoms with Crippen LogP contribution >= 0.6 is 23.1 Å². The number of carbonyl (C=O) groups is 2. The first kappa shape index (κ1) is 25.3. The number of aromatic hydroxyl groups is 1. The second-order valence-corrected chi connectivity index (χ2v) is 10.0. The van der Waals surface area contributed by atoms with Crippen LogP contribution in [0.2, 0.25) is 0 Å². The van der Waals surface area contributed by atoms with E-state index in [2.05, 4.69) is 10.3 Å². The largest absolute Gasteiger partial charge is 0.506 e. The highest BCUT2D eigenvalue weighted by Crippen LogP contribution is 2.37. The second-order valence-electron chi connectivity index (χ2n) is 7.72. The van der Waals surface area contributed by atoms with E-state index in [9.17, 15) is 14.7 Å². The molecule has 0 unspecified atom stereocenters. The number of amides is 1. The van der Waals surface area contributed by atoms with Gasteiger partial charge in [-0.05, 0) is 37.3 Å². The number of fused-ring (bicyclic) bond motifs is 1. The van der Waals surface area contributed by atoms with E-state index in [0.717, 1.165) is 21.9 Å². The standard InChI is InChI=1S/C26H24N2O6S2/c1-15-23(16-7-9-17(33-2)10-8-16)27-26(36-15)28-25(32)20-13-21(34-11-12-35-14-22(29)30)18-5-3-4-6-19(18)24(20)31/h3-10,13,31H,11-12,14H2,1-2H3,(H,29,30)(H,27,28,32). The van der Waals surface area contributed by atoms with E-state index in [1.807, 2.05) is 37.3 Å². The minimum absolute atomic E-state index is 0.0148. The number of thiazole rings is 1. The number of carboxylic acids is 1. The maximum atomic E-state index is 13.2. The summed E-state index contributed by atoms with van der Waals surface area (Å²) in [6.07, 6.45) is 0. The quantitative estimate of drug-likeness (QED) is 0.235. The molecule has 3 N–H and O–H groups in total. The van der Waals surface area contributed by atoms with Crippen LogP contribution in [-0.2, 0) is 4.79 Å². The molecule has 0 fully saturated rings. The number of ether oxygens (including phenoxy) is 2. The van der Waals surface area contributed by atoms with Crippen LogP contribution in [-0.4, -0.2) is 52.3 Å². The van der Waals surface area contributed by atoms with E-state index in [1.54, 1.807) is 25.3 Å². The number of nitrogens with one attached hydrogen (secondary N) is 1. The minimum atomic E-state index is -0.887. The lowest BCUT2D eigenvalue weighted by atomic mass is 10.0. The molecule has 8 nitrogen and oxygen atoms in total. The lowest BCUT2D eigenvalue weighted by molar-refractivity contribution is -0.133. The van der Waals surface area contributed by atoms with Crippen LogP contribution in [0.3, 0.4) is 0 Å². The Hall–Kier alpha value is -3.76. The van der Waals surface area contributed by atoms with Gasteiger partial charge in [-0.1, -0.05) is 24.3 Å². The van der Waals surface area contributed by atoms with E-state index in [4.69, 9.17) is 14.6 Å². The molecule has 0 aliphatic carbocycles. The van der Waals surface area contributed by atoms with Crippen LogP contribution in [0.1, 0.15) is 15.2 Å². The number of carboxylic acid groups (broad SMARTS) is 1. The van der Waals surface area contributed by atoms with Crippen LogP contribution in [0.15, 0.2) is 54.6 Å². The summed E-state index contributed by atoms with van der Waals surface area (Å²) < 4.78 is 11.1. The zero-order valence-electron chi connectivity index (χ0n) is 19.6. The summed E-state index contributed by atoms with van der Waals surface area (Å²) >= 11 is 2.58. The van der Waals surface area contributed by atoms with Gasteiger partial charge in [0, 0.05) is 27.0 Å². The average molecular weight is 525 g/mol. The molecule has 0 aliphatic rings. The summed E-state index contributed by atoms with van der Waals surface area (Å²) in [5.41, 5.74) is 1.71. The number of aromatic nitrogens is 1. The summed E-state index contributed by atoms with van der Waals surface area (Å²) in [6.45, 7) is 2.18. The Kier molecular flexibility index (Phi) is 7.97. The van der Waals surface area contributed by atoms with Crippen molar-refractivity contribution in [3.63, 3.8) is 0 Å². The summed E-state index contributed by atoms with van der Waals surface area (Å²) in [5.74, 6) is 0.0674. The monoisotopic (exact) mass is 524 g/mol. The molecule has 1 heterocycles. The number of nitrogens with zero attached hydrogens (tertiary/aromatic N) is 1. The van der Waals surface area contributed by atoms with Crippen molar-refractivity contribution in [2.45, 2.75) is 6.92 Å². The first-order chi connectivity index (χ1) is 17.4. The molecule has 0 radical (unpaired) electrons. The molecule has 0 atom stereocenters. The van der Waals surface area contributed by atoms with E-state index in [1.165, 1.54) is 29.2 Å². The minimum Gasteiger partial charge on any atom is -0.506 e. The fourth-order valence-corrected chi connectivity index (χ4v) is 4.97. The Morgan fingerprint density at radius 2 is 1.83 bits per heavy atom. The van der Waals surface area contributed by atoms with E-state index in [0.29, 0.717) is 27.4 Å². The number of hydrogen-bond donors (Lipinski definition) is 3. The maximum absolute atomic E-state index is 13.2. The predicted octanol–water partition coefficient (Wildman–Crippen LogP) is 5.43. The molecular weight excluding hydrogens is 500 g/mol. The van der Waals surface area contributed by atoms with Crippen LogP contribution in [0.5, 0.6) is 17.2 Å². The normalized spacial score (nSPS) is 10.8.